The Morgan fingerprint density at radius 2 is 2.38 bits per heavy atom. The number of Topliss-reactive ketones (excluding diaryl/α,β-unsaturated/α-hetero) is 1. The summed E-state index contributed by atoms with van der Waals surface area (Å²) in [7, 11) is 0. The van der Waals surface area contributed by atoms with Crippen LogP contribution in [0.1, 0.15) is 36.7 Å². The number of carbonyl (C=O) groups is 1. The Morgan fingerprint density at radius 3 is 3.00 bits per heavy atom. The first-order chi connectivity index (χ1) is 6.25. The molecule has 0 aliphatic heterocycles. The highest BCUT2D eigenvalue weighted by Gasteiger charge is 2.11. The molecule has 0 aliphatic carbocycles. The first-order valence-corrected chi connectivity index (χ1v) is 4.39. The normalized spacial score (nSPS) is 10.0. The third-order valence-electron chi connectivity index (χ3n) is 1.78. The highest BCUT2D eigenvalue weighted by molar-refractivity contribution is 5.94. The first-order valence-electron chi connectivity index (χ1n) is 4.39. The molecule has 1 aromatic rings. The van der Waals surface area contributed by atoms with Crippen LogP contribution in [0.15, 0.2) is 18.3 Å². The molecule has 0 fully saturated rings. The highest BCUT2D eigenvalue weighted by atomic mass is 19.1. The van der Waals surface area contributed by atoms with Crippen LogP contribution >= 0.6 is 0 Å². The minimum Gasteiger partial charge on any atom is -0.292 e. The van der Waals surface area contributed by atoms with Gasteiger partial charge in [-0.25, -0.2) is 4.39 Å². The molecular weight excluding hydrogens is 169 g/mol. The Bertz CT molecular complexity index is 299. The third kappa shape index (κ3) is 2.61. The fourth-order valence-electron chi connectivity index (χ4n) is 1.05. The molecule has 13 heavy (non-hydrogen) atoms. The molecule has 0 atom stereocenters. The lowest BCUT2D eigenvalue weighted by molar-refractivity contribution is 0.0970. The number of hydrogen-bond acceptors (Lipinski definition) is 2. The van der Waals surface area contributed by atoms with Crippen molar-refractivity contribution in [1.29, 1.82) is 0 Å². The fourth-order valence-corrected chi connectivity index (χ4v) is 1.05. The molecule has 0 aromatic carbocycles. The van der Waals surface area contributed by atoms with Crippen molar-refractivity contribution in [2.24, 2.45) is 0 Å². The van der Waals surface area contributed by atoms with Gasteiger partial charge in [0, 0.05) is 12.6 Å². The molecule has 0 unspecified atom stereocenters. The average molecular weight is 181 g/mol. The van der Waals surface area contributed by atoms with Gasteiger partial charge < -0.3 is 0 Å². The van der Waals surface area contributed by atoms with Crippen LogP contribution in [-0.4, -0.2) is 10.8 Å². The summed E-state index contributed by atoms with van der Waals surface area (Å²) in [5.74, 6) is -0.733. The smallest absolute Gasteiger partial charge is 0.184 e. The van der Waals surface area contributed by atoms with E-state index in [9.17, 15) is 9.18 Å². The molecule has 0 N–H and O–H groups in total. The van der Waals surface area contributed by atoms with Crippen LogP contribution in [0.4, 0.5) is 4.39 Å². The van der Waals surface area contributed by atoms with Gasteiger partial charge in [0.2, 0.25) is 0 Å². The monoisotopic (exact) mass is 181 g/mol. The van der Waals surface area contributed by atoms with Gasteiger partial charge in [0.1, 0.15) is 5.69 Å². The van der Waals surface area contributed by atoms with Crippen molar-refractivity contribution in [2.45, 2.75) is 26.2 Å². The summed E-state index contributed by atoms with van der Waals surface area (Å²) in [4.78, 5) is 15.0. The summed E-state index contributed by atoms with van der Waals surface area (Å²) >= 11 is 0. The van der Waals surface area contributed by atoms with E-state index in [1.807, 2.05) is 6.92 Å². The van der Waals surface area contributed by atoms with Crippen molar-refractivity contribution in [3.8, 4) is 0 Å². The molecule has 0 aliphatic rings. The summed E-state index contributed by atoms with van der Waals surface area (Å²) in [6.07, 6.45) is 3.53. The van der Waals surface area contributed by atoms with Crippen LogP contribution in [0.2, 0.25) is 0 Å². The standard InChI is InChI=1S/C10H12FNO/c1-2-3-6-9(13)10-8(11)5-4-7-12-10/h4-5,7H,2-3,6H2,1H3. The van der Waals surface area contributed by atoms with Crippen molar-refractivity contribution >= 4 is 5.78 Å². The van der Waals surface area contributed by atoms with Crippen LogP contribution in [-0.2, 0) is 0 Å². The summed E-state index contributed by atoms with van der Waals surface area (Å²) in [6, 6.07) is 2.73. The van der Waals surface area contributed by atoms with Gasteiger partial charge >= 0.3 is 0 Å². The molecule has 1 aromatic heterocycles. The highest BCUT2D eigenvalue weighted by Crippen LogP contribution is 2.07. The number of pyridine rings is 1. The van der Waals surface area contributed by atoms with E-state index in [-0.39, 0.29) is 11.5 Å². The average Bonchev–Trinajstić information content (AvgIpc) is 2.15. The fraction of sp³-hybridized carbons (Fsp3) is 0.400. The van der Waals surface area contributed by atoms with E-state index in [0.717, 1.165) is 12.8 Å². The summed E-state index contributed by atoms with van der Waals surface area (Å²) in [6.45, 7) is 1.99. The van der Waals surface area contributed by atoms with Crippen molar-refractivity contribution in [3.05, 3.63) is 29.8 Å². The minimum atomic E-state index is -0.524. The van der Waals surface area contributed by atoms with Crippen molar-refractivity contribution in [3.63, 3.8) is 0 Å². The first kappa shape index (κ1) is 9.84. The van der Waals surface area contributed by atoms with E-state index in [4.69, 9.17) is 0 Å². The maximum absolute atomic E-state index is 13.0. The second kappa shape index (κ2) is 4.70. The quantitative estimate of drug-likeness (QED) is 0.668. The lowest BCUT2D eigenvalue weighted by Gasteiger charge is -1.99. The van der Waals surface area contributed by atoms with Crippen LogP contribution in [0.25, 0.3) is 0 Å². The molecule has 1 rings (SSSR count). The molecule has 2 nitrogen and oxygen atoms in total. The van der Waals surface area contributed by atoms with E-state index >= 15 is 0 Å². The summed E-state index contributed by atoms with van der Waals surface area (Å²) in [5.41, 5.74) is -0.0315. The number of aromatic nitrogens is 1. The van der Waals surface area contributed by atoms with Crippen LogP contribution in [0.3, 0.4) is 0 Å². The SMILES string of the molecule is CCCCC(=O)c1ncccc1F. The van der Waals surface area contributed by atoms with E-state index in [1.165, 1.54) is 18.3 Å². The van der Waals surface area contributed by atoms with Crippen molar-refractivity contribution in [2.75, 3.05) is 0 Å². The predicted octanol–water partition coefficient (Wildman–Crippen LogP) is 2.59. The second-order valence-corrected chi connectivity index (χ2v) is 2.86. The van der Waals surface area contributed by atoms with Crippen LogP contribution < -0.4 is 0 Å². The van der Waals surface area contributed by atoms with Gasteiger partial charge in [-0.3, -0.25) is 9.78 Å². The summed E-state index contributed by atoms with van der Waals surface area (Å²) in [5, 5.41) is 0. The Hall–Kier alpha value is -1.25. The number of carbonyl (C=O) groups excluding carboxylic acids is 1. The lowest BCUT2D eigenvalue weighted by atomic mass is 10.1. The van der Waals surface area contributed by atoms with Crippen molar-refractivity contribution < 1.29 is 9.18 Å². The van der Waals surface area contributed by atoms with Gasteiger partial charge in [-0.05, 0) is 18.6 Å². The zero-order chi connectivity index (χ0) is 9.68. The third-order valence-corrected chi connectivity index (χ3v) is 1.78. The van der Waals surface area contributed by atoms with Gasteiger partial charge in [-0.2, -0.15) is 0 Å². The lowest BCUT2D eigenvalue weighted by Crippen LogP contribution is -2.04. The maximum atomic E-state index is 13.0. The largest absolute Gasteiger partial charge is 0.292 e. The maximum Gasteiger partial charge on any atom is 0.184 e. The number of ketones is 1. The van der Waals surface area contributed by atoms with E-state index in [1.54, 1.807) is 0 Å². The zero-order valence-electron chi connectivity index (χ0n) is 7.59. The van der Waals surface area contributed by atoms with Gasteiger partial charge in [0.15, 0.2) is 11.6 Å². The van der Waals surface area contributed by atoms with E-state index in [2.05, 4.69) is 4.98 Å². The van der Waals surface area contributed by atoms with E-state index < -0.39 is 5.82 Å². The van der Waals surface area contributed by atoms with Gasteiger partial charge in [0.25, 0.3) is 0 Å². The molecular formula is C10H12FNO. The van der Waals surface area contributed by atoms with Crippen LogP contribution in [0, 0.1) is 5.82 Å². The molecule has 0 spiro atoms. The molecule has 0 bridgehead atoms. The number of halogens is 1. The topological polar surface area (TPSA) is 30.0 Å². The number of nitrogens with zero attached hydrogens (tertiary/aromatic N) is 1. The number of unbranched alkanes of at least 4 members (excludes halogenated alkanes) is 1. The zero-order valence-corrected chi connectivity index (χ0v) is 7.59. The minimum absolute atomic E-state index is 0.0315. The van der Waals surface area contributed by atoms with E-state index in [0.29, 0.717) is 6.42 Å². The Labute approximate surface area is 76.8 Å². The number of hydrogen-bond donors (Lipinski definition) is 0. The Morgan fingerprint density at radius 1 is 1.62 bits per heavy atom. The summed E-state index contributed by atoms with van der Waals surface area (Å²) < 4.78 is 13.0. The van der Waals surface area contributed by atoms with Crippen molar-refractivity contribution in [1.82, 2.24) is 4.98 Å². The van der Waals surface area contributed by atoms with Crippen LogP contribution in [0.5, 0.6) is 0 Å². The molecule has 0 amide bonds. The Balaban J connectivity index is 2.71. The molecule has 70 valence electrons. The molecule has 0 saturated heterocycles. The molecule has 0 radical (unpaired) electrons. The second-order valence-electron chi connectivity index (χ2n) is 2.86. The molecule has 3 heteroatoms. The predicted molar refractivity (Wildman–Crippen MR) is 48.1 cm³/mol. The molecule has 0 saturated carbocycles. The van der Waals surface area contributed by atoms with Gasteiger partial charge in [-0.1, -0.05) is 13.3 Å². The Kier molecular flexibility index (Phi) is 3.55. The van der Waals surface area contributed by atoms with Gasteiger partial charge in [0.05, 0.1) is 0 Å². The van der Waals surface area contributed by atoms with Gasteiger partial charge in [-0.15, -0.1) is 0 Å². The molecule has 1 heterocycles. The number of rotatable bonds is 4.